The second kappa shape index (κ2) is 6.90. The van der Waals surface area contributed by atoms with E-state index >= 15 is 0 Å². The van der Waals surface area contributed by atoms with Gasteiger partial charge in [-0.2, -0.15) is 0 Å². The van der Waals surface area contributed by atoms with Gasteiger partial charge in [0, 0.05) is 22.7 Å². The first-order chi connectivity index (χ1) is 16.2. The number of rotatable bonds is 1. The van der Waals surface area contributed by atoms with Crippen LogP contribution in [-0.4, -0.2) is 10.1 Å². The quantitative estimate of drug-likeness (QED) is 0.309. The standard InChI is InChI=1S/C33H49NO/c1-21(35)33-16-14-28(2,3)20-24(33)23-9-10-26-30(6)19-22-12-18-34-27(22)29(4,5)25(30)11-13-32(26,8)31(23,7)15-17-33/h9,12,18,24-26,34-35H,1,10-11,13-17,19-20H2,2-8H3/t24?,25?,26?,30-,31+,32+,33+/m0/s1. The van der Waals surface area contributed by atoms with E-state index in [0.717, 1.165) is 12.8 Å². The van der Waals surface area contributed by atoms with Crippen LogP contribution in [0.4, 0.5) is 0 Å². The van der Waals surface area contributed by atoms with E-state index in [-0.39, 0.29) is 16.2 Å². The molecule has 0 saturated heterocycles. The number of aromatic amines is 1. The minimum Gasteiger partial charge on any atom is -0.512 e. The lowest BCUT2D eigenvalue weighted by atomic mass is 9.33. The van der Waals surface area contributed by atoms with Crippen LogP contribution < -0.4 is 0 Å². The van der Waals surface area contributed by atoms with Gasteiger partial charge in [0.05, 0.1) is 5.76 Å². The summed E-state index contributed by atoms with van der Waals surface area (Å²) in [4.78, 5) is 3.64. The molecule has 35 heavy (non-hydrogen) atoms. The smallest absolute Gasteiger partial charge is 0.0918 e. The molecule has 1 aromatic heterocycles. The number of aliphatic hydroxyl groups is 1. The maximum atomic E-state index is 11.0. The third-order valence-corrected chi connectivity index (χ3v) is 13.4. The molecular formula is C33H49NO. The molecule has 7 atom stereocenters. The van der Waals surface area contributed by atoms with Gasteiger partial charge in [-0.15, -0.1) is 0 Å². The summed E-state index contributed by atoms with van der Waals surface area (Å²) in [5.74, 6) is 2.33. The molecule has 1 aromatic rings. The van der Waals surface area contributed by atoms with Gasteiger partial charge in [-0.25, -0.2) is 0 Å². The predicted molar refractivity (Wildman–Crippen MR) is 145 cm³/mol. The van der Waals surface area contributed by atoms with E-state index < -0.39 is 0 Å². The third-order valence-electron chi connectivity index (χ3n) is 13.4. The van der Waals surface area contributed by atoms with Crippen LogP contribution in [0.25, 0.3) is 0 Å². The second-order valence-electron chi connectivity index (χ2n) is 15.6. The van der Waals surface area contributed by atoms with Gasteiger partial charge in [0.2, 0.25) is 0 Å². The topological polar surface area (TPSA) is 36.0 Å². The summed E-state index contributed by atoms with van der Waals surface area (Å²) in [7, 11) is 0. The first-order valence-corrected chi connectivity index (χ1v) is 14.5. The monoisotopic (exact) mass is 475 g/mol. The number of hydrogen-bond acceptors (Lipinski definition) is 1. The van der Waals surface area contributed by atoms with Gasteiger partial charge in [0.15, 0.2) is 0 Å². The zero-order chi connectivity index (χ0) is 25.2. The Morgan fingerprint density at radius 1 is 0.971 bits per heavy atom. The lowest BCUT2D eigenvalue weighted by molar-refractivity contribution is -0.159. The molecule has 0 aromatic carbocycles. The van der Waals surface area contributed by atoms with Gasteiger partial charge >= 0.3 is 0 Å². The Morgan fingerprint density at radius 2 is 1.69 bits per heavy atom. The molecule has 3 fully saturated rings. The molecule has 2 heteroatoms. The first-order valence-electron chi connectivity index (χ1n) is 14.5. The molecule has 3 unspecified atom stereocenters. The van der Waals surface area contributed by atoms with Crippen molar-refractivity contribution in [2.45, 2.75) is 112 Å². The number of nitrogens with one attached hydrogen (secondary N) is 1. The number of allylic oxidation sites excluding steroid dienone is 3. The van der Waals surface area contributed by atoms with Gasteiger partial charge in [-0.05, 0) is 109 Å². The Kier molecular flexibility index (Phi) is 4.72. The Hall–Kier alpha value is -1.44. The average molecular weight is 476 g/mol. The fourth-order valence-corrected chi connectivity index (χ4v) is 11.3. The van der Waals surface area contributed by atoms with Gasteiger partial charge in [-0.1, -0.05) is 66.7 Å². The zero-order valence-electron chi connectivity index (χ0n) is 23.5. The Balaban J connectivity index is 1.47. The van der Waals surface area contributed by atoms with Crippen LogP contribution in [0.1, 0.15) is 111 Å². The van der Waals surface area contributed by atoms with Crippen molar-refractivity contribution in [2.75, 3.05) is 0 Å². The highest BCUT2D eigenvalue weighted by molar-refractivity contribution is 5.39. The molecule has 1 heterocycles. The van der Waals surface area contributed by atoms with Crippen molar-refractivity contribution in [2.24, 2.45) is 44.8 Å². The lowest BCUT2D eigenvalue weighted by Gasteiger charge is -2.71. The normalized spacial score (nSPS) is 47.3. The van der Waals surface area contributed by atoms with Crippen molar-refractivity contribution >= 4 is 0 Å². The molecule has 0 amide bonds. The van der Waals surface area contributed by atoms with Crippen LogP contribution in [0.2, 0.25) is 0 Å². The summed E-state index contributed by atoms with van der Waals surface area (Å²) >= 11 is 0. The molecule has 0 bridgehead atoms. The van der Waals surface area contributed by atoms with Gasteiger partial charge in [0.1, 0.15) is 0 Å². The van der Waals surface area contributed by atoms with E-state index in [4.69, 9.17) is 0 Å². The number of hydrogen-bond donors (Lipinski definition) is 2. The minimum absolute atomic E-state index is 0.0992. The van der Waals surface area contributed by atoms with Crippen LogP contribution in [0.15, 0.2) is 36.3 Å². The number of aliphatic hydroxyl groups excluding tert-OH is 1. The molecule has 2 nitrogen and oxygen atoms in total. The van der Waals surface area contributed by atoms with Gasteiger partial charge in [-0.3, -0.25) is 0 Å². The summed E-state index contributed by atoms with van der Waals surface area (Å²) in [6.07, 6.45) is 15.7. The maximum Gasteiger partial charge on any atom is 0.0918 e. The first kappa shape index (κ1) is 23.9. The second-order valence-corrected chi connectivity index (χ2v) is 15.6. The molecule has 5 aliphatic rings. The lowest BCUT2D eigenvalue weighted by Crippen LogP contribution is -2.64. The van der Waals surface area contributed by atoms with Crippen LogP contribution in [-0.2, 0) is 11.8 Å². The Labute approximate surface area is 214 Å². The molecule has 5 aliphatic carbocycles. The van der Waals surface area contributed by atoms with Crippen LogP contribution in [0, 0.1) is 44.8 Å². The summed E-state index contributed by atoms with van der Waals surface area (Å²) in [6.45, 7) is 22.1. The van der Waals surface area contributed by atoms with Crippen molar-refractivity contribution in [3.63, 3.8) is 0 Å². The molecule has 0 spiro atoms. The van der Waals surface area contributed by atoms with E-state index in [1.165, 1.54) is 50.6 Å². The minimum atomic E-state index is -0.0992. The third kappa shape index (κ3) is 2.78. The Bertz CT molecular complexity index is 1100. The van der Waals surface area contributed by atoms with E-state index in [9.17, 15) is 5.11 Å². The maximum absolute atomic E-state index is 11.0. The molecule has 0 aliphatic heterocycles. The van der Waals surface area contributed by atoms with Crippen molar-refractivity contribution in [1.82, 2.24) is 4.98 Å². The van der Waals surface area contributed by atoms with Crippen molar-refractivity contribution < 1.29 is 5.11 Å². The SMILES string of the molecule is C=C(O)[C@]12CCC(C)(C)CC1C1=CCC3[C@@]4(C)Cc5cc[nH]c5C(C)(C)C4CC[C@@]3(C)[C@]1(C)CC2. The van der Waals surface area contributed by atoms with Crippen LogP contribution in [0.5, 0.6) is 0 Å². The number of aromatic nitrogens is 1. The molecule has 2 N–H and O–H groups in total. The number of fused-ring (bicyclic) bond motifs is 8. The van der Waals surface area contributed by atoms with E-state index in [1.807, 2.05) is 0 Å². The molecule has 6 rings (SSSR count). The highest BCUT2D eigenvalue weighted by Gasteiger charge is 2.68. The van der Waals surface area contributed by atoms with Crippen LogP contribution in [0.3, 0.4) is 0 Å². The largest absolute Gasteiger partial charge is 0.512 e. The van der Waals surface area contributed by atoms with E-state index in [0.29, 0.717) is 39.8 Å². The summed E-state index contributed by atoms with van der Waals surface area (Å²) in [5.41, 5.74) is 6.02. The summed E-state index contributed by atoms with van der Waals surface area (Å²) in [6, 6.07) is 2.36. The highest BCUT2D eigenvalue weighted by Crippen LogP contribution is 2.75. The van der Waals surface area contributed by atoms with Crippen molar-refractivity contribution in [3.05, 3.63) is 47.5 Å². The summed E-state index contributed by atoms with van der Waals surface area (Å²) < 4.78 is 0. The van der Waals surface area contributed by atoms with Crippen molar-refractivity contribution in [3.8, 4) is 0 Å². The van der Waals surface area contributed by atoms with Crippen LogP contribution >= 0.6 is 0 Å². The summed E-state index contributed by atoms with van der Waals surface area (Å²) in [5, 5.41) is 11.0. The highest BCUT2D eigenvalue weighted by atomic mass is 16.3. The fourth-order valence-electron chi connectivity index (χ4n) is 11.3. The van der Waals surface area contributed by atoms with E-state index in [1.54, 1.807) is 11.1 Å². The Morgan fingerprint density at radius 3 is 2.40 bits per heavy atom. The van der Waals surface area contributed by atoms with E-state index in [2.05, 4.69) is 78.4 Å². The fraction of sp³-hybridized carbons (Fsp3) is 0.758. The molecule has 192 valence electrons. The molecule has 0 radical (unpaired) electrons. The van der Waals surface area contributed by atoms with Crippen molar-refractivity contribution in [1.29, 1.82) is 0 Å². The van der Waals surface area contributed by atoms with Gasteiger partial charge in [0.25, 0.3) is 0 Å². The number of H-pyrrole nitrogens is 1. The molecule has 3 saturated carbocycles. The average Bonchev–Trinajstić information content (AvgIpc) is 3.22. The molecular weight excluding hydrogens is 426 g/mol. The van der Waals surface area contributed by atoms with Gasteiger partial charge < -0.3 is 10.1 Å². The predicted octanol–water partition coefficient (Wildman–Crippen LogP) is 8.90. The zero-order valence-corrected chi connectivity index (χ0v) is 23.5.